The van der Waals surface area contributed by atoms with Crippen LogP contribution in [0.2, 0.25) is 0 Å². The van der Waals surface area contributed by atoms with E-state index in [-0.39, 0.29) is 5.88 Å². The normalized spacial score (nSPS) is 18.9. The summed E-state index contributed by atoms with van der Waals surface area (Å²) in [4.78, 5) is 4.17. The molecule has 4 nitrogen and oxygen atoms in total. The first-order valence-corrected chi connectivity index (χ1v) is 4.77. The largest absolute Gasteiger partial charge is 0.355 e. The van der Waals surface area contributed by atoms with Crippen molar-refractivity contribution in [3.63, 3.8) is 0 Å². The summed E-state index contributed by atoms with van der Waals surface area (Å²) in [5.74, 6) is 0.437. The monoisotopic (exact) mass is 170 g/mol. The van der Waals surface area contributed by atoms with Gasteiger partial charge in [0.05, 0.1) is 0 Å². The summed E-state index contributed by atoms with van der Waals surface area (Å²) >= 11 is 0. The van der Waals surface area contributed by atoms with Crippen molar-refractivity contribution in [1.82, 2.24) is 4.98 Å². The molecule has 2 rings (SSSR count). The molecule has 0 bridgehead atoms. The van der Waals surface area contributed by atoms with Crippen molar-refractivity contribution in [2.45, 2.75) is 4.90 Å². The van der Waals surface area contributed by atoms with Crippen molar-refractivity contribution < 1.29 is 8.42 Å². The number of sulfone groups is 1. The van der Waals surface area contributed by atoms with Crippen LogP contribution in [0, 0.1) is 0 Å². The number of anilines is 1. The number of aromatic nitrogens is 1. The molecule has 0 saturated carbocycles. The Bertz CT molecular complexity index is 385. The fraction of sp³-hybridized carbons (Fsp3) is 0.167. The molecule has 1 aliphatic heterocycles. The van der Waals surface area contributed by atoms with E-state index in [0.717, 1.165) is 0 Å². The van der Waals surface area contributed by atoms with Gasteiger partial charge in [0.2, 0.25) is 0 Å². The van der Waals surface area contributed by atoms with Gasteiger partial charge in [-0.2, -0.15) is 0 Å². The van der Waals surface area contributed by atoms with Gasteiger partial charge in [0.15, 0.2) is 9.84 Å². The molecule has 5 heteroatoms. The first kappa shape index (κ1) is 6.60. The molecule has 0 unspecified atom stereocenters. The van der Waals surface area contributed by atoms with Crippen molar-refractivity contribution in [3.8, 4) is 0 Å². The third-order valence-electron chi connectivity index (χ3n) is 1.54. The third-order valence-corrected chi connectivity index (χ3v) is 3.06. The molecule has 1 aromatic heterocycles. The highest BCUT2D eigenvalue weighted by Crippen LogP contribution is 2.24. The van der Waals surface area contributed by atoms with E-state index in [1.54, 1.807) is 18.3 Å². The van der Waals surface area contributed by atoms with Crippen LogP contribution in [0.25, 0.3) is 0 Å². The molecule has 0 saturated heterocycles. The quantitative estimate of drug-likeness (QED) is 0.606. The molecular weight excluding hydrogens is 164 g/mol. The number of rotatable bonds is 0. The average molecular weight is 170 g/mol. The van der Waals surface area contributed by atoms with E-state index < -0.39 is 9.84 Å². The van der Waals surface area contributed by atoms with Crippen LogP contribution < -0.4 is 5.32 Å². The average Bonchev–Trinajstić information content (AvgIpc) is 2.29. The maximum atomic E-state index is 11.2. The second kappa shape index (κ2) is 1.94. The Kier molecular flexibility index (Phi) is 1.17. The van der Waals surface area contributed by atoms with Gasteiger partial charge in [-0.1, -0.05) is 0 Å². The third kappa shape index (κ3) is 0.883. The van der Waals surface area contributed by atoms with Crippen LogP contribution in [-0.2, 0) is 9.84 Å². The number of pyridine rings is 1. The summed E-state index contributed by atoms with van der Waals surface area (Å²) in [6.45, 7) is 0. The molecule has 0 aromatic carbocycles. The molecule has 58 valence electrons. The van der Waals surface area contributed by atoms with Gasteiger partial charge in [-0.05, 0) is 12.1 Å². The van der Waals surface area contributed by atoms with Gasteiger partial charge >= 0.3 is 0 Å². The van der Waals surface area contributed by atoms with E-state index in [1.165, 1.54) is 0 Å². The van der Waals surface area contributed by atoms with E-state index in [4.69, 9.17) is 0 Å². The van der Waals surface area contributed by atoms with Crippen LogP contribution in [0.5, 0.6) is 0 Å². The van der Waals surface area contributed by atoms with Crippen LogP contribution in [-0.4, -0.2) is 19.3 Å². The zero-order valence-electron chi connectivity index (χ0n) is 5.61. The lowest BCUT2D eigenvalue weighted by molar-refractivity contribution is 0.601. The lowest BCUT2D eigenvalue weighted by atomic mass is 10.5. The zero-order chi connectivity index (χ0) is 7.90. The predicted molar refractivity (Wildman–Crippen MR) is 39.9 cm³/mol. The summed E-state index contributed by atoms with van der Waals surface area (Å²) in [5, 5.41) is 2.69. The minimum Gasteiger partial charge on any atom is -0.355 e. The summed E-state index contributed by atoms with van der Waals surface area (Å²) in [6, 6.07) is 3.17. The second-order valence-electron chi connectivity index (χ2n) is 2.29. The van der Waals surface area contributed by atoms with Gasteiger partial charge in [-0.25, -0.2) is 13.4 Å². The molecular formula is C6H6N2O2S. The van der Waals surface area contributed by atoms with Crippen LogP contribution in [0.15, 0.2) is 23.2 Å². The number of hydrogen-bond acceptors (Lipinski definition) is 4. The highest BCUT2D eigenvalue weighted by atomic mass is 32.2. The Morgan fingerprint density at radius 1 is 1.55 bits per heavy atom. The number of fused-ring (bicyclic) bond motifs is 1. The van der Waals surface area contributed by atoms with E-state index in [2.05, 4.69) is 10.3 Å². The molecule has 0 fully saturated rings. The Morgan fingerprint density at radius 3 is 3.09 bits per heavy atom. The van der Waals surface area contributed by atoms with Crippen LogP contribution in [0.1, 0.15) is 0 Å². The minimum absolute atomic E-state index is 0.0284. The van der Waals surface area contributed by atoms with E-state index in [1.807, 2.05) is 0 Å². The SMILES string of the molecule is O=S1(=O)CNc2ncccc21. The lowest BCUT2D eigenvalue weighted by Gasteiger charge is -1.91. The van der Waals surface area contributed by atoms with E-state index >= 15 is 0 Å². The smallest absolute Gasteiger partial charge is 0.199 e. The molecule has 1 aliphatic rings. The highest BCUT2D eigenvalue weighted by molar-refractivity contribution is 7.92. The number of nitrogens with zero attached hydrogens (tertiary/aromatic N) is 1. The van der Waals surface area contributed by atoms with Crippen LogP contribution in [0.3, 0.4) is 0 Å². The van der Waals surface area contributed by atoms with Crippen molar-refractivity contribution in [3.05, 3.63) is 18.3 Å². The van der Waals surface area contributed by atoms with Crippen molar-refractivity contribution in [2.24, 2.45) is 0 Å². The molecule has 1 aromatic rings. The van der Waals surface area contributed by atoms with Gasteiger partial charge in [0.1, 0.15) is 16.6 Å². The summed E-state index contributed by atoms with van der Waals surface area (Å²) < 4.78 is 22.3. The topological polar surface area (TPSA) is 59.1 Å². The van der Waals surface area contributed by atoms with Gasteiger partial charge in [0.25, 0.3) is 0 Å². The lowest BCUT2D eigenvalue weighted by Crippen LogP contribution is -2.02. The Labute approximate surface area is 64.2 Å². The predicted octanol–water partition coefficient (Wildman–Crippen LogP) is 0.238. The van der Waals surface area contributed by atoms with Gasteiger partial charge < -0.3 is 5.32 Å². The van der Waals surface area contributed by atoms with Gasteiger partial charge in [0, 0.05) is 6.20 Å². The summed E-state index contributed by atoms with van der Waals surface area (Å²) in [7, 11) is -3.08. The molecule has 0 spiro atoms. The second-order valence-corrected chi connectivity index (χ2v) is 4.24. The van der Waals surface area contributed by atoms with Crippen molar-refractivity contribution in [1.29, 1.82) is 0 Å². The molecule has 0 amide bonds. The molecule has 1 N–H and O–H groups in total. The van der Waals surface area contributed by atoms with Crippen molar-refractivity contribution >= 4 is 15.7 Å². The molecule has 0 radical (unpaired) electrons. The fourth-order valence-electron chi connectivity index (χ4n) is 1.02. The molecule has 2 heterocycles. The summed E-state index contributed by atoms with van der Waals surface area (Å²) in [6.07, 6.45) is 1.56. The maximum absolute atomic E-state index is 11.2. The first-order valence-electron chi connectivity index (χ1n) is 3.12. The molecule has 0 aliphatic carbocycles. The molecule has 0 atom stereocenters. The minimum atomic E-state index is -3.08. The Morgan fingerprint density at radius 2 is 2.36 bits per heavy atom. The Hall–Kier alpha value is -1.10. The van der Waals surface area contributed by atoms with E-state index in [0.29, 0.717) is 10.7 Å². The maximum Gasteiger partial charge on any atom is 0.199 e. The summed E-state index contributed by atoms with van der Waals surface area (Å²) in [5.41, 5.74) is 0. The van der Waals surface area contributed by atoms with Crippen molar-refractivity contribution in [2.75, 3.05) is 11.2 Å². The zero-order valence-corrected chi connectivity index (χ0v) is 6.43. The highest BCUT2D eigenvalue weighted by Gasteiger charge is 2.25. The fourth-order valence-corrected chi connectivity index (χ4v) is 2.20. The number of nitrogens with one attached hydrogen (secondary N) is 1. The van der Waals surface area contributed by atoms with Crippen LogP contribution in [0.4, 0.5) is 5.82 Å². The van der Waals surface area contributed by atoms with Gasteiger partial charge in [-0.15, -0.1) is 0 Å². The van der Waals surface area contributed by atoms with Crippen LogP contribution >= 0.6 is 0 Å². The molecule has 11 heavy (non-hydrogen) atoms. The Balaban J connectivity index is 2.75. The standard InChI is InChI=1S/C6H6N2O2S/c9-11(10)4-8-6-5(11)2-1-3-7-6/h1-3H,4H2,(H,7,8). The van der Waals surface area contributed by atoms with Gasteiger partial charge in [-0.3, -0.25) is 0 Å². The first-order chi connectivity index (χ1) is 5.20. The number of hydrogen-bond donors (Lipinski definition) is 1. The van der Waals surface area contributed by atoms with E-state index in [9.17, 15) is 8.42 Å².